The van der Waals surface area contributed by atoms with E-state index in [1.807, 2.05) is 24.3 Å². The fourth-order valence-corrected chi connectivity index (χ4v) is 4.04. The minimum absolute atomic E-state index is 0.211. The molecule has 4 nitrogen and oxygen atoms in total. The predicted molar refractivity (Wildman–Crippen MR) is 111 cm³/mol. The summed E-state index contributed by atoms with van der Waals surface area (Å²) in [5.74, 6) is -0.211. The van der Waals surface area contributed by atoms with Gasteiger partial charge < -0.3 is 5.32 Å². The lowest BCUT2D eigenvalue weighted by molar-refractivity contribution is -0.137. The molecule has 8 heteroatoms. The van der Waals surface area contributed by atoms with Gasteiger partial charge >= 0.3 is 6.18 Å². The summed E-state index contributed by atoms with van der Waals surface area (Å²) in [5.41, 5.74) is 2.38. The SMILES string of the molecule is CCc1ccc(CC(NC(C)=O)c2nnc(-c3cc(C)cc(C(F)(F)F)c3)s2)cc1. The van der Waals surface area contributed by atoms with E-state index in [9.17, 15) is 18.0 Å². The number of benzene rings is 2. The van der Waals surface area contributed by atoms with E-state index >= 15 is 0 Å². The largest absolute Gasteiger partial charge is 0.416 e. The number of amides is 1. The molecule has 0 spiro atoms. The van der Waals surface area contributed by atoms with E-state index in [0.29, 0.717) is 27.6 Å². The quantitative estimate of drug-likeness (QED) is 0.557. The number of hydrogen-bond acceptors (Lipinski definition) is 4. The van der Waals surface area contributed by atoms with Crippen molar-refractivity contribution in [2.24, 2.45) is 0 Å². The van der Waals surface area contributed by atoms with Gasteiger partial charge in [0, 0.05) is 12.5 Å². The Hall–Kier alpha value is -2.74. The molecule has 30 heavy (non-hydrogen) atoms. The fourth-order valence-electron chi connectivity index (χ4n) is 3.15. The number of carbonyl (C=O) groups is 1. The van der Waals surface area contributed by atoms with Gasteiger partial charge in [-0.2, -0.15) is 13.2 Å². The number of rotatable bonds is 6. The van der Waals surface area contributed by atoms with Crippen LogP contribution in [0.5, 0.6) is 0 Å². The Kier molecular flexibility index (Phi) is 6.55. The van der Waals surface area contributed by atoms with Gasteiger partial charge in [0.25, 0.3) is 0 Å². The molecule has 0 saturated heterocycles. The van der Waals surface area contributed by atoms with Crippen LogP contribution in [0, 0.1) is 6.92 Å². The smallest absolute Gasteiger partial charge is 0.347 e. The average Bonchev–Trinajstić information content (AvgIpc) is 3.17. The number of carbonyl (C=O) groups excluding carboxylic acids is 1. The summed E-state index contributed by atoms with van der Waals surface area (Å²) < 4.78 is 39.5. The minimum atomic E-state index is -4.43. The number of halogens is 3. The fraction of sp³-hybridized carbons (Fsp3) is 0.318. The summed E-state index contributed by atoms with van der Waals surface area (Å²) in [6.07, 6.45) is -2.98. The maximum Gasteiger partial charge on any atom is 0.416 e. The molecule has 0 saturated carbocycles. The molecule has 0 fully saturated rings. The molecule has 0 radical (unpaired) electrons. The lowest BCUT2D eigenvalue weighted by Crippen LogP contribution is -2.27. The Morgan fingerprint density at radius 1 is 1.10 bits per heavy atom. The highest BCUT2D eigenvalue weighted by Crippen LogP contribution is 2.35. The van der Waals surface area contributed by atoms with Crippen molar-refractivity contribution < 1.29 is 18.0 Å². The van der Waals surface area contributed by atoms with Gasteiger partial charge in [-0.25, -0.2) is 0 Å². The summed E-state index contributed by atoms with van der Waals surface area (Å²) in [6, 6.07) is 11.5. The highest BCUT2D eigenvalue weighted by atomic mass is 32.1. The Labute approximate surface area is 177 Å². The molecule has 0 aliphatic rings. The summed E-state index contributed by atoms with van der Waals surface area (Å²) in [5, 5.41) is 12.1. The van der Waals surface area contributed by atoms with Crippen molar-refractivity contribution in [1.29, 1.82) is 0 Å². The molecule has 1 amide bonds. The van der Waals surface area contributed by atoms with Crippen LogP contribution in [0.3, 0.4) is 0 Å². The van der Waals surface area contributed by atoms with Crippen molar-refractivity contribution in [3.05, 3.63) is 69.7 Å². The Morgan fingerprint density at radius 3 is 2.37 bits per heavy atom. The maximum atomic E-state index is 13.2. The number of nitrogens with zero attached hydrogens (tertiary/aromatic N) is 2. The van der Waals surface area contributed by atoms with Crippen LogP contribution in [0.1, 0.15) is 47.2 Å². The second kappa shape index (κ2) is 8.95. The molecular formula is C22H22F3N3OS. The van der Waals surface area contributed by atoms with Gasteiger partial charge in [-0.05, 0) is 54.7 Å². The number of hydrogen-bond donors (Lipinski definition) is 1. The number of alkyl halides is 3. The second-order valence-electron chi connectivity index (χ2n) is 7.16. The van der Waals surface area contributed by atoms with Gasteiger partial charge in [0.15, 0.2) is 0 Å². The lowest BCUT2D eigenvalue weighted by Gasteiger charge is -2.15. The van der Waals surface area contributed by atoms with Gasteiger partial charge in [-0.1, -0.05) is 42.5 Å². The zero-order valence-electron chi connectivity index (χ0n) is 16.9. The minimum Gasteiger partial charge on any atom is -0.347 e. The molecule has 0 aliphatic carbocycles. The van der Waals surface area contributed by atoms with Crippen molar-refractivity contribution in [1.82, 2.24) is 15.5 Å². The highest BCUT2D eigenvalue weighted by Gasteiger charge is 2.31. The second-order valence-corrected chi connectivity index (χ2v) is 8.17. The van der Waals surface area contributed by atoms with Crippen LogP contribution in [0.25, 0.3) is 10.6 Å². The monoisotopic (exact) mass is 433 g/mol. The molecule has 0 aliphatic heterocycles. The molecular weight excluding hydrogens is 411 g/mol. The van der Waals surface area contributed by atoms with E-state index in [4.69, 9.17) is 0 Å². The molecule has 3 aromatic rings. The predicted octanol–water partition coefficient (Wildman–Crippen LogP) is 5.51. The third kappa shape index (κ3) is 5.44. The van der Waals surface area contributed by atoms with Crippen molar-refractivity contribution >= 4 is 17.2 Å². The summed E-state index contributed by atoms with van der Waals surface area (Å²) in [4.78, 5) is 11.7. The summed E-state index contributed by atoms with van der Waals surface area (Å²) in [6.45, 7) is 5.11. The zero-order chi connectivity index (χ0) is 21.9. The van der Waals surface area contributed by atoms with E-state index in [1.54, 1.807) is 13.0 Å². The highest BCUT2D eigenvalue weighted by molar-refractivity contribution is 7.14. The van der Waals surface area contributed by atoms with Gasteiger partial charge in [0.1, 0.15) is 10.0 Å². The van der Waals surface area contributed by atoms with Crippen LogP contribution in [0.15, 0.2) is 42.5 Å². The molecule has 1 heterocycles. The van der Waals surface area contributed by atoms with E-state index < -0.39 is 17.8 Å². The van der Waals surface area contributed by atoms with Crippen LogP contribution >= 0.6 is 11.3 Å². The number of aryl methyl sites for hydroxylation is 2. The van der Waals surface area contributed by atoms with Crippen molar-refractivity contribution in [3.8, 4) is 10.6 Å². The van der Waals surface area contributed by atoms with Crippen molar-refractivity contribution in [3.63, 3.8) is 0 Å². The first-order valence-corrected chi connectivity index (χ1v) is 10.3. The van der Waals surface area contributed by atoms with E-state index in [1.165, 1.54) is 23.8 Å². The molecule has 1 aromatic heterocycles. The normalized spacial score (nSPS) is 12.6. The average molecular weight is 433 g/mol. The summed E-state index contributed by atoms with van der Waals surface area (Å²) >= 11 is 1.19. The van der Waals surface area contributed by atoms with Crippen LogP contribution in [0.2, 0.25) is 0 Å². The van der Waals surface area contributed by atoms with Crippen LogP contribution < -0.4 is 5.32 Å². The first kappa shape index (κ1) is 22.0. The standard InChI is InChI=1S/C22H22F3N3OS/c1-4-15-5-7-16(8-6-15)11-19(26-14(3)29)21-28-27-20(30-21)17-9-13(2)10-18(12-17)22(23,24)25/h5-10,12,19H,4,11H2,1-3H3,(H,26,29). The third-order valence-corrected chi connectivity index (χ3v) is 5.72. The van der Waals surface area contributed by atoms with Gasteiger partial charge in [-0.3, -0.25) is 4.79 Å². The Balaban J connectivity index is 1.90. The molecule has 158 valence electrons. The van der Waals surface area contributed by atoms with Gasteiger partial charge in [-0.15, -0.1) is 10.2 Å². The number of aromatic nitrogens is 2. The van der Waals surface area contributed by atoms with Gasteiger partial charge in [0.05, 0.1) is 11.6 Å². The molecule has 1 unspecified atom stereocenters. The topological polar surface area (TPSA) is 54.9 Å². The van der Waals surface area contributed by atoms with E-state index in [-0.39, 0.29) is 5.91 Å². The zero-order valence-corrected chi connectivity index (χ0v) is 17.7. The molecule has 1 N–H and O–H groups in total. The molecule has 2 aromatic carbocycles. The first-order valence-electron chi connectivity index (χ1n) is 9.53. The Morgan fingerprint density at radius 2 is 1.77 bits per heavy atom. The lowest BCUT2D eigenvalue weighted by atomic mass is 10.0. The third-order valence-electron chi connectivity index (χ3n) is 4.64. The van der Waals surface area contributed by atoms with Gasteiger partial charge in [0.2, 0.25) is 5.91 Å². The molecule has 0 bridgehead atoms. The Bertz CT molecular complexity index is 1030. The first-order chi connectivity index (χ1) is 14.2. The van der Waals surface area contributed by atoms with Crippen molar-refractivity contribution in [2.45, 2.75) is 45.8 Å². The van der Waals surface area contributed by atoms with Crippen LogP contribution in [-0.4, -0.2) is 16.1 Å². The van der Waals surface area contributed by atoms with Crippen LogP contribution in [-0.2, 0) is 23.8 Å². The maximum absolute atomic E-state index is 13.2. The van der Waals surface area contributed by atoms with E-state index in [2.05, 4.69) is 22.4 Å². The van der Waals surface area contributed by atoms with Crippen LogP contribution in [0.4, 0.5) is 13.2 Å². The molecule has 3 rings (SSSR count). The number of nitrogens with one attached hydrogen (secondary N) is 1. The summed E-state index contributed by atoms with van der Waals surface area (Å²) in [7, 11) is 0. The van der Waals surface area contributed by atoms with Crippen molar-refractivity contribution in [2.75, 3.05) is 0 Å². The molecule has 1 atom stereocenters. The van der Waals surface area contributed by atoms with E-state index in [0.717, 1.165) is 24.1 Å².